The number of methoxy groups -OCH3 is 1. The number of anilines is 2. The summed E-state index contributed by atoms with van der Waals surface area (Å²) in [5.74, 6) is 1.14. The van der Waals surface area contributed by atoms with Gasteiger partial charge >= 0.3 is 0 Å². The summed E-state index contributed by atoms with van der Waals surface area (Å²) in [6.07, 6.45) is 1.46. The van der Waals surface area contributed by atoms with E-state index in [4.69, 9.17) is 9.47 Å². The lowest BCUT2D eigenvalue weighted by Crippen LogP contribution is -2.26. The Morgan fingerprint density at radius 2 is 1.94 bits per heavy atom. The molecule has 0 aliphatic carbocycles. The standard InChI is InChI=1S/C23H26N4O4/c1-6-26(3)22(28)16-8-7-9-17(13-16)25-21-20(14-24-27(4)23(21)29)31-18-11-10-15(2)12-19(18)30-5/h7-14,25H,6H2,1-5H3. The lowest BCUT2D eigenvalue weighted by molar-refractivity contribution is 0.0802. The molecule has 0 radical (unpaired) electrons. The average molecular weight is 422 g/mol. The van der Waals surface area contributed by atoms with E-state index in [1.807, 2.05) is 26.0 Å². The highest BCUT2D eigenvalue weighted by molar-refractivity contribution is 5.95. The number of rotatable bonds is 7. The van der Waals surface area contributed by atoms with Gasteiger partial charge in [-0.1, -0.05) is 12.1 Å². The lowest BCUT2D eigenvalue weighted by atomic mass is 10.1. The van der Waals surface area contributed by atoms with Crippen LogP contribution >= 0.6 is 0 Å². The van der Waals surface area contributed by atoms with Crippen molar-refractivity contribution in [3.8, 4) is 17.2 Å². The summed E-state index contributed by atoms with van der Waals surface area (Å²) in [6, 6.07) is 12.5. The molecule has 31 heavy (non-hydrogen) atoms. The van der Waals surface area contributed by atoms with Crippen LogP contribution in [0, 0.1) is 6.92 Å². The van der Waals surface area contributed by atoms with Gasteiger partial charge in [0.15, 0.2) is 22.9 Å². The van der Waals surface area contributed by atoms with Crippen molar-refractivity contribution in [3.05, 3.63) is 70.1 Å². The van der Waals surface area contributed by atoms with Crippen molar-refractivity contribution in [3.63, 3.8) is 0 Å². The molecule has 0 spiro atoms. The molecule has 0 aliphatic heterocycles. The van der Waals surface area contributed by atoms with Gasteiger partial charge in [0.1, 0.15) is 0 Å². The molecular weight excluding hydrogens is 396 g/mol. The van der Waals surface area contributed by atoms with E-state index >= 15 is 0 Å². The minimum atomic E-state index is -0.369. The van der Waals surface area contributed by atoms with E-state index in [2.05, 4.69) is 10.4 Å². The molecular formula is C23H26N4O4. The van der Waals surface area contributed by atoms with Gasteiger partial charge < -0.3 is 19.7 Å². The minimum absolute atomic E-state index is 0.102. The number of carbonyl (C=O) groups is 1. The molecule has 0 saturated carbocycles. The Balaban J connectivity index is 1.98. The fourth-order valence-corrected chi connectivity index (χ4v) is 2.93. The molecule has 0 bridgehead atoms. The third-order valence-corrected chi connectivity index (χ3v) is 4.84. The first-order valence-electron chi connectivity index (χ1n) is 9.85. The zero-order chi connectivity index (χ0) is 22.5. The van der Waals surface area contributed by atoms with E-state index in [-0.39, 0.29) is 22.9 Å². The Kier molecular flexibility index (Phi) is 6.59. The number of nitrogens with one attached hydrogen (secondary N) is 1. The molecule has 1 heterocycles. The molecule has 1 amide bonds. The number of hydrogen-bond donors (Lipinski definition) is 1. The van der Waals surface area contributed by atoms with Crippen LogP contribution in [0.2, 0.25) is 0 Å². The Labute approximate surface area is 181 Å². The third-order valence-electron chi connectivity index (χ3n) is 4.84. The van der Waals surface area contributed by atoms with Crippen LogP contribution in [0.4, 0.5) is 11.4 Å². The predicted molar refractivity (Wildman–Crippen MR) is 120 cm³/mol. The molecule has 8 heteroatoms. The molecule has 8 nitrogen and oxygen atoms in total. The van der Waals surface area contributed by atoms with Crippen molar-refractivity contribution < 1.29 is 14.3 Å². The Bertz CT molecular complexity index is 1160. The normalized spacial score (nSPS) is 10.5. The van der Waals surface area contributed by atoms with E-state index in [1.165, 1.54) is 10.9 Å². The highest BCUT2D eigenvalue weighted by atomic mass is 16.5. The fourth-order valence-electron chi connectivity index (χ4n) is 2.93. The van der Waals surface area contributed by atoms with Crippen LogP contribution < -0.4 is 20.3 Å². The maximum absolute atomic E-state index is 12.8. The second-order valence-corrected chi connectivity index (χ2v) is 7.09. The van der Waals surface area contributed by atoms with Crippen LogP contribution in [-0.4, -0.2) is 41.3 Å². The molecule has 1 N–H and O–H groups in total. The molecule has 1 aromatic heterocycles. The first-order chi connectivity index (χ1) is 14.8. The van der Waals surface area contributed by atoms with Crippen molar-refractivity contribution in [2.75, 3.05) is 26.0 Å². The maximum atomic E-state index is 12.8. The molecule has 162 valence electrons. The molecule has 3 aromatic rings. The van der Waals surface area contributed by atoms with E-state index in [0.29, 0.717) is 29.3 Å². The first kappa shape index (κ1) is 21.9. The highest BCUT2D eigenvalue weighted by Crippen LogP contribution is 2.35. The Hall–Kier alpha value is -3.81. The van der Waals surface area contributed by atoms with Gasteiger partial charge in [-0.25, -0.2) is 4.68 Å². The summed E-state index contributed by atoms with van der Waals surface area (Å²) < 4.78 is 12.6. The van der Waals surface area contributed by atoms with E-state index in [9.17, 15) is 9.59 Å². The Morgan fingerprint density at radius 3 is 2.65 bits per heavy atom. The average Bonchev–Trinajstić information content (AvgIpc) is 2.78. The summed E-state index contributed by atoms with van der Waals surface area (Å²) in [5.41, 5.74) is 1.95. The van der Waals surface area contributed by atoms with E-state index in [1.54, 1.807) is 56.4 Å². The van der Waals surface area contributed by atoms with Gasteiger partial charge in [0, 0.05) is 31.9 Å². The summed E-state index contributed by atoms with van der Waals surface area (Å²) in [7, 11) is 4.85. The summed E-state index contributed by atoms with van der Waals surface area (Å²) in [5, 5.41) is 7.16. The summed E-state index contributed by atoms with van der Waals surface area (Å²) >= 11 is 0. The number of hydrogen-bond acceptors (Lipinski definition) is 6. The van der Waals surface area contributed by atoms with E-state index in [0.717, 1.165) is 5.56 Å². The van der Waals surface area contributed by atoms with Gasteiger partial charge in [-0.15, -0.1) is 0 Å². The van der Waals surface area contributed by atoms with Gasteiger partial charge in [0.25, 0.3) is 11.5 Å². The number of ether oxygens (including phenoxy) is 2. The van der Waals surface area contributed by atoms with Gasteiger partial charge in [0.2, 0.25) is 0 Å². The second kappa shape index (κ2) is 9.34. The number of amides is 1. The van der Waals surface area contributed by atoms with Crippen LogP contribution in [0.25, 0.3) is 0 Å². The molecule has 0 fully saturated rings. The monoisotopic (exact) mass is 422 g/mol. The molecule has 0 aliphatic rings. The van der Waals surface area contributed by atoms with E-state index < -0.39 is 0 Å². The second-order valence-electron chi connectivity index (χ2n) is 7.09. The quantitative estimate of drug-likeness (QED) is 0.625. The van der Waals surface area contributed by atoms with Crippen LogP contribution in [0.15, 0.2) is 53.5 Å². The zero-order valence-corrected chi connectivity index (χ0v) is 18.3. The number of aryl methyl sites for hydroxylation is 2. The minimum Gasteiger partial charge on any atom is -0.493 e. The number of carbonyl (C=O) groups excluding carboxylic acids is 1. The van der Waals surface area contributed by atoms with Crippen molar-refractivity contribution >= 4 is 17.3 Å². The lowest BCUT2D eigenvalue weighted by Gasteiger charge is -2.17. The largest absolute Gasteiger partial charge is 0.493 e. The molecule has 0 unspecified atom stereocenters. The maximum Gasteiger partial charge on any atom is 0.294 e. The van der Waals surface area contributed by atoms with Crippen LogP contribution in [-0.2, 0) is 7.05 Å². The smallest absolute Gasteiger partial charge is 0.294 e. The molecule has 2 aromatic carbocycles. The zero-order valence-electron chi connectivity index (χ0n) is 18.3. The fraction of sp³-hybridized carbons (Fsp3) is 0.261. The van der Waals surface area contributed by atoms with Crippen LogP contribution in [0.1, 0.15) is 22.8 Å². The SMILES string of the molecule is CCN(C)C(=O)c1cccc(Nc2c(Oc3ccc(C)cc3OC)cnn(C)c2=O)c1. The molecule has 0 saturated heterocycles. The highest BCUT2D eigenvalue weighted by Gasteiger charge is 2.16. The van der Waals surface area contributed by atoms with Gasteiger partial charge in [-0.3, -0.25) is 9.59 Å². The Morgan fingerprint density at radius 1 is 1.16 bits per heavy atom. The number of nitrogens with zero attached hydrogens (tertiary/aromatic N) is 3. The third kappa shape index (κ3) is 4.85. The number of benzene rings is 2. The van der Waals surface area contributed by atoms with Gasteiger partial charge in [-0.05, 0) is 49.7 Å². The van der Waals surface area contributed by atoms with Crippen molar-refractivity contribution in [1.29, 1.82) is 0 Å². The van der Waals surface area contributed by atoms with Crippen molar-refractivity contribution in [1.82, 2.24) is 14.7 Å². The van der Waals surface area contributed by atoms with Crippen LogP contribution in [0.3, 0.4) is 0 Å². The van der Waals surface area contributed by atoms with Crippen molar-refractivity contribution in [2.45, 2.75) is 13.8 Å². The first-order valence-corrected chi connectivity index (χ1v) is 9.85. The van der Waals surface area contributed by atoms with Crippen molar-refractivity contribution in [2.24, 2.45) is 7.05 Å². The summed E-state index contributed by atoms with van der Waals surface area (Å²) in [6.45, 7) is 4.45. The molecule has 3 rings (SSSR count). The molecule has 0 atom stereocenters. The van der Waals surface area contributed by atoms with Crippen LogP contribution in [0.5, 0.6) is 17.2 Å². The van der Waals surface area contributed by atoms with Gasteiger partial charge in [0.05, 0.1) is 13.3 Å². The van der Waals surface area contributed by atoms with Gasteiger partial charge in [-0.2, -0.15) is 5.10 Å². The number of aromatic nitrogens is 2. The summed E-state index contributed by atoms with van der Waals surface area (Å²) in [4.78, 5) is 26.9. The predicted octanol–water partition coefficient (Wildman–Crippen LogP) is 3.73. The topological polar surface area (TPSA) is 85.7 Å².